The molecule has 0 saturated carbocycles. The summed E-state index contributed by atoms with van der Waals surface area (Å²) in [4.78, 5) is 23.5. The zero-order chi connectivity index (χ0) is 22.1. The molecule has 0 aliphatic carbocycles. The lowest BCUT2D eigenvalue weighted by Gasteiger charge is -2.17. The van der Waals surface area contributed by atoms with Crippen molar-refractivity contribution in [3.63, 3.8) is 0 Å². The van der Waals surface area contributed by atoms with Crippen LogP contribution >= 0.6 is 23.2 Å². The summed E-state index contributed by atoms with van der Waals surface area (Å²) >= 11 is 13.0. The Kier molecular flexibility index (Phi) is 7.01. The van der Waals surface area contributed by atoms with Crippen molar-refractivity contribution >= 4 is 54.0 Å². The molecule has 0 bridgehead atoms. The first-order valence-corrected chi connectivity index (χ1v) is 14.3. The van der Waals surface area contributed by atoms with Crippen LogP contribution in [0.15, 0.2) is 6.07 Å². The van der Waals surface area contributed by atoms with Crippen LogP contribution in [0.1, 0.15) is 11.3 Å². The smallest absolute Gasteiger partial charge is 0.255 e. The summed E-state index contributed by atoms with van der Waals surface area (Å²) in [6.07, 6.45) is 0.801. The Bertz CT molecular complexity index is 985. The molecule has 7 nitrogen and oxygen atoms in total. The quantitative estimate of drug-likeness (QED) is 0.455. The van der Waals surface area contributed by atoms with E-state index in [1.54, 1.807) is 6.07 Å². The first-order chi connectivity index (χ1) is 14.1. The second kappa shape index (κ2) is 9.17. The molecule has 2 heterocycles. The number of aromatic nitrogens is 1. The lowest BCUT2D eigenvalue weighted by Crippen LogP contribution is -2.24. The van der Waals surface area contributed by atoms with Crippen LogP contribution in [-0.4, -0.2) is 44.2 Å². The molecule has 0 unspecified atom stereocenters. The Morgan fingerprint density at radius 2 is 2.07 bits per heavy atom. The van der Waals surface area contributed by atoms with Gasteiger partial charge in [-0.25, -0.2) is 0 Å². The Morgan fingerprint density at radius 3 is 2.73 bits per heavy atom. The molecule has 2 aromatic rings. The van der Waals surface area contributed by atoms with Crippen molar-refractivity contribution in [2.75, 3.05) is 19.8 Å². The molecule has 30 heavy (non-hydrogen) atoms. The Morgan fingerprint density at radius 1 is 1.33 bits per heavy atom. The van der Waals surface area contributed by atoms with Crippen LogP contribution in [0.5, 0.6) is 5.75 Å². The van der Waals surface area contributed by atoms with Crippen molar-refractivity contribution in [1.82, 2.24) is 9.88 Å². The second-order valence-corrected chi connectivity index (χ2v) is 15.0. The van der Waals surface area contributed by atoms with Crippen LogP contribution in [0.4, 0.5) is 0 Å². The molecular formula is C20H27Cl2N3O4Si. The fourth-order valence-electron chi connectivity index (χ4n) is 3.54. The molecule has 0 atom stereocenters. The van der Waals surface area contributed by atoms with Crippen molar-refractivity contribution in [3.05, 3.63) is 27.4 Å². The number of ether oxygens (including phenoxy) is 2. The zero-order valence-corrected chi connectivity index (χ0v) is 20.0. The number of halogens is 2. The van der Waals surface area contributed by atoms with Gasteiger partial charge >= 0.3 is 0 Å². The molecule has 164 valence electrons. The number of rotatable bonds is 8. The van der Waals surface area contributed by atoms with Gasteiger partial charge in [-0.1, -0.05) is 42.8 Å². The maximum Gasteiger partial charge on any atom is 0.255 e. The van der Waals surface area contributed by atoms with Gasteiger partial charge in [0.15, 0.2) is 6.61 Å². The van der Waals surface area contributed by atoms with Crippen molar-refractivity contribution in [3.8, 4) is 5.75 Å². The molecule has 1 aromatic carbocycles. The second-order valence-electron chi connectivity index (χ2n) is 8.63. The van der Waals surface area contributed by atoms with E-state index in [9.17, 15) is 9.59 Å². The summed E-state index contributed by atoms with van der Waals surface area (Å²) < 4.78 is 13.6. The molecule has 3 N–H and O–H groups in total. The van der Waals surface area contributed by atoms with Crippen molar-refractivity contribution < 1.29 is 19.1 Å². The maximum absolute atomic E-state index is 12.3. The molecule has 0 saturated heterocycles. The summed E-state index contributed by atoms with van der Waals surface area (Å²) in [7, 11) is -1.23. The predicted octanol–water partition coefficient (Wildman–Crippen LogP) is 3.34. The number of carbonyl (C=O) groups is 2. The number of nitrogens with one attached hydrogen (secondary N) is 1. The SMILES string of the molecule is C[Si](C)(C)CCOCn1c2c(c3c(OCC(N)=O)cc(Cl)c(Cl)c31)CC(=O)NCC2. The van der Waals surface area contributed by atoms with Gasteiger partial charge in [0.25, 0.3) is 5.91 Å². The molecule has 1 aliphatic rings. The minimum absolute atomic E-state index is 0.0839. The van der Waals surface area contributed by atoms with E-state index >= 15 is 0 Å². The molecule has 1 aliphatic heterocycles. The van der Waals surface area contributed by atoms with E-state index in [0.717, 1.165) is 17.3 Å². The monoisotopic (exact) mass is 471 g/mol. The number of hydrogen-bond acceptors (Lipinski definition) is 4. The predicted molar refractivity (Wildman–Crippen MR) is 121 cm³/mol. The highest BCUT2D eigenvalue weighted by Gasteiger charge is 2.27. The van der Waals surface area contributed by atoms with Gasteiger partial charge in [0.05, 0.1) is 22.0 Å². The number of benzene rings is 1. The standard InChI is InChI=1S/C20H27Cl2N3O4Si/c1-30(2,3)7-6-28-11-25-14-4-5-24-17(27)8-12(14)18-15(29-10-16(23)26)9-13(21)19(22)20(18)25/h9H,4-8,10-11H2,1-3H3,(H2,23,26)(H,24,27). The zero-order valence-electron chi connectivity index (χ0n) is 17.4. The Hall–Kier alpha value is -1.74. The van der Waals surface area contributed by atoms with Gasteiger partial charge in [-0.3, -0.25) is 9.59 Å². The summed E-state index contributed by atoms with van der Waals surface area (Å²) in [5.41, 5.74) is 7.66. The fourth-order valence-corrected chi connectivity index (χ4v) is 4.73. The van der Waals surface area contributed by atoms with Gasteiger partial charge in [-0.2, -0.15) is 0 Å². The first-order valence-electron chi connectivity index (χ1n) is 9.86. The summed E-state index contributed by atoms with van der Waals surface area (Å²) in [5.74, 6) is -0.309. The summed E-state index contributed by atoms with van der Waals surface area (Å²) in [6, 6.07) is 2.60. The van der Waals surface area contributed by atoms with Gasteiger partial charge in [0, 0.05) is 44.8 Å². The Labute approximate surface area is 186 Å². The van der Waals surface area contributed by atoms with Crippen molar-refractivity contribution in [2.24, 2.45) is 5.73 Å². The highest BCUT2D eigenvalue weighted by molar-refractivity contribution is 6.76. The van der Waals surface area contributed by atoms with E-state index in [1.165, 1.54) is 0 Å². The molecule has 3 rings (SSSR count). The van der Waals surface area contributed by atoms with Crippen LogP contribution in [0.3, 0.4) is 0 Å². The summed E-state index contributed by atoms with van der Waals surface area (Å²) in [6.45, 7) is 8.04. The number of nitrogens with two attached hydrogens (primary N) is 1. The molecular weight excluding hydrogens is 445 g/mol. The number of nitrogens with zero attached hydrogens (tertiary/aromatic N) is 1. The van der Waals surface area contributed by atoms with Gasteiger partial charge < -0.3 is 25.1 Å². The number of fused-ring (bicyclic) bond motifs is 3. The first kappa shape index (κ1) is 22.9. The third kappa shape index (κ3) is 5.11. The highest BCUT2D eigenvalue weighted by Crippen LogP contribution is 2.43. The molecule has 10 heteroatoms. The van der Waals surface area contributed by atoms with Crippen LogP contribution in [0.2, 0.25) is 35.7 Å². The summed E-state index contributed by atoms with van der Waals surface area (Å²) in [5, 5.41) is 4.22. The molecule has 0 radical (unpaired) electrons. The molecule has 0 fully saturated rings. The average Bonchev–Trinajstić information content (AvgIpc) is 2.80. The van der Waals surface area contributed by atoms with Crippen molar-refractivity contribution in [2.45, 2.75) is 45.3 Å². The topological polar surface area (TPSA) is 95.6 Å². The van der Waals surface area contributed by atoms with Crippen LogP contribution < -0.4 is 15.8 Å². The van der Waals surface area contributed by atoms with Crippen LogP contribution in [0.25, 0.3) is 10.9 Å². The van der Waals surface area contributed by atoms with Crippen LogP contribution in [-0.2, 0) is 33.9 Å². The lowest BCUT2D eigenvalue weighted by molar-refractivity contribution is -0.121. The van der Waals surface area contributed by atoms with Crippen molar-refractivity contribution in [1.29, 1.82) is 0 Å². The Balaban J connectivity index is 2.10. The molecule has 1 aromatic heterocycles. The molecule has 2 amide bonds. The van der Waals surface area contributed by atoms with Gasteiger partial charge in [0.1, 0.15) is 12.5 Å². The highest BCUT2D eigenvalue weighted by atomic mass is 35.5. The molecule has 0 spiro atoms. The lowest BCUT2D eigenvalue weighted by atomic mass is 10.1. The van der Waals surface area contributed by atoms with E-state index in [2.05, 4.69) is 25.0 Å². The minimum Gasteiger partial charge on any atom is -0.483 e. The van der Waals surface area contributed by atoms with Gasteiger partial charge in [-0.05, 0) is 11.6 Å². The number of amides is 2. The van der Waals surface area contributed by atoms with E-state index in [4.69, 9.17) is 38.4 Å². The number of carbonyl (C=O) groups excluding carboxylic acids is 2. The van der Waals surface area contributed by atoms with Gasteiger partial charge in [-0.15, -0.1) is 0 Å². The van der Waals surface area contributed by atoms with E-state index in [0.29, 0.717) is 53.0 Å². The van der Waals surface area contributed by atoms with Crippen LogP contribution in [0, 0.1) is 0 Å². The maximum atomic E-state index is 12.3. The van der Waals surface area contributed by atoms with E-state index in [-0.39, 0.29) is 18.9 Å². The number of hydrogen-bond donors (Lipinski definition) is 2. The normalized spacial score (nSPS) is 14.4. The number of primary amides is 1. The fraction of sp³-hybridized carbons (Fsp3) is 0.500. The largest absolute Gasteiger partial charge is 0.483 e. The third-order valence-corrected chi connectivity index (χ3v) is 7.49. The minimum atomic E-state index is -1.23. The van der Waals surface area contributed by atoms with E-state index < -0.39 is 14.0 Å². The van der Waals surface area contributed by atoms with Gasteiger partial charge in [0.2, 0.25) is 5.91 Å². The third-order valence-electron chi connectivity index (χ3n) is 5.01. The van der Waals surface area contributed by atoms with E-state index in [1.807, 2.05) is 4.57 Å². The average molecular weight is 472 g/mol.